The number of hydrogen-bond acceptors (Lipinski definition) is 14. The normalized spacial score (nSPS) is 17.3. The lowest BCUT2D eigenvalue weighted by molar-refractivity contribution is 0.244. The van der Waals surface area contributed by atoms with Gasteiger partial charge in [0.1, 0.15) is 24.2 Å². The first-order chi connectivity index (χ1) is 32.5. The summed E-state index contributed by atoms with van der Waals surface area (Å²) >= 11 is 0. The first kappa shape index (κ1) is 43.0. The Balaban J connectivity index is 0.601. The van der Waals surface area contributed by atoms with Gasteiger partial charge in [-0.1, -0.05) is 37.0 Å². The maximum Gasteiger partial charge on any atom is 0.195 e. The highest BCUT2D eigenvalue weighted by Crippen LogP contribution is 2.38. The molecule has 10 rings (SSSR count). The Labute approximate surface area is 385 Å². The van der Waals surface area contributed by atoms with E-state index >= 15 is 0 Å². The quantitative estimate of drug-likeness (QED) is 0.0776. The van der Waals surface area contributed by atoms with Crippen LogP contribution in [0.25, 0.3) is 21.8 Å². The van der Waals surface area contributed by atoms with E-state index in [9.17, 15) is 0 Å². The van der Waals surface area contributed by atoms with Crippen molar-refractivity contribution in [2.45, 2.75) is 76.3 Å². The molecule has 8 heterocycles. The lowest BCUT2D eigenvalue weighted by atomic mass is 10.0. The molecule has 2 saturated heterocycles. The van der Waals surface area contributed by atoms with Crippen LogP contribution in [0.4, 0.5) is 11.6 Å². The summed E-state index contributed by atoms with van der Waals surface area (Å²) in [5.41, 5.74) is 5.09. The number of hydrogen-bond donors (Lipinski definition) is 2. The zero-order valence-electron chi connectivity index (χ0n) is 37.6. The molecule has 0 radical (unpaired) electrons. The highest BCUT2D eigenvalue weighted by Gasteiger charge is 2.40. The number of ether oxygens (including phenoxy) is 2. The maximum absolute atomic E-state index is 6.23. The second kappa shape index (κ2) is 19.7. The number of fused-ring (bicyclic) bond motifs is 2. The first-order valence-corrected chi connectivity index (χ1v) is 23.3. The van der Waals surface area contributed by atoms with Gasteiger partial charge in [0.25, 0.3) is 0 Å². The molecule has 66 heavy (non-hydrogen) atoms. The van der Waals surface area contributed by atoms with Gasteiger partial charge in [0.05, 0.1) is 19.4 Å². The molecular weight excluding hydrogens is 829 g/mol. The van der Waals surface area contributed by atoms with Crippen LogP contribution in [-0.4, -0.2) is 117 Å². The maximum atomic E-state index is 6.23. The summed E-state index contributed by atoms with van der Waals surface area (Å²) in [7, 11) is 0. The third-order valence-corrected chi connectivity index (χ3v) is 13.0. The van der Waals surface area contributed by atoms with Crippen molar-refractivity contribution in [1.29, 1.82) is 0 Å². The van der Waals surface area contributed by atoms with Gasteiger partial charge < -0.3 is 29.2 Å². The van der Waals surface area contributed by atoms with E-state index in [-0.39, 0.29) is 0 Å². The zero-order valence-corrected chi connectivity index (χ0v) is 37.6. The van der Waals surface area contributed by atoms with E-state index in [2.05, 4.69) is 149 Å². The first-order valence-electron chi connectivity index (χ1n) is 23.3. The molecule has 2 aromatic carbocycles. The van der Waals surface area contributed by atoms with E-state index in [0.29, 0.717) is 38.2 Å². The molecule has 0 atom stereocenters. The van der Waals surface area contributed by atoms with Gasteiger partial charge in [-0.2, -0.15) is 20.5 Å². The minimum atomic E-state index is -0.429. The molecule has 2 N–H and O–H groups in total. The van der Waals surface area contributed by atoms with Gasteiger partial charge in [-0.15, -0.1) is 0 Å². The summed E-state index contributed by atoms with van der Waals surface area (Å²) in [6, 6.07) is 19.2. The van der Waals surface area contributed by atoms with E-state index < -0.39 is 11.3 Å². The van der Waals surface area contributed by atoms with E-state index in [1.54, 1.807) is 18.9 Å². The fourth-order valence-corrected chi connectivity index (χ4v) is 9.00. The van der Waals surface area contributed by atoms with Crippen LogP contribution in [-0.2, 0) is 19.5 Å². The summed E-state index contributed by atoms with van der Waals surface area (Å²) in [5.74, 6) is 15.8. The number of nitrogens with zero attached hydrogens (tertiary/aromatic N) is 12. The van der Waals surface area contributed by atoms with Crippen molar-refractivity contribution in [3.05, 3.63) is 96.6 Å². The smallest absolute Gasteiger partial charge is 0.195 e. The van der Waals surface area contributed by atoms with Crippen LogP contribution in [0.5, 0.6) is 11.5 Å². The minimum absolute atomic E-state index is 0.397. The van der Waals surface area contributed by atoms with Gasteiger partial charge in [-0.25, -0.2) is 19.9 Å². The molecule has 6 aromatic rings. The van der Waals surface area contributed by atoms with Gasteiger partial charge >= 0.3 is 0 Å². The number of rotatable bonds is 19. The molecule has 0 spiro atoms. The molecule has 0 amide bonds. The Bertz CT molecular complexity index is 2770. The molecule has 0 unspecified atom stereocenters. The van der Waals surface area contributed by atoms with E-state index in [1.165, 1.54) is 33.2 Å². The number of nitrogens with one attached hydrogen (secondary N) is 2. The molecule has 0 saturated carbocycles. The lowest BCUT2D eigenvalue weighted by Crippen LogP contribution is -2.46. The Morgan fingerprint density at radius 1 is 0.606 bits per heavy atom. The van der Waals surface area contributed by atoms with E-state index in [4.69, 9.17) is 9.47 Å². The molecule has 0 aliphatic carbocycles. The SMILES string of the molecule is CCc1cncnc1N1CCN(Cc2cc3ccc(OCCC4(CCC#CC#CCCC5(CCOc6cncnc6N6CCN(Cc7cc8ccccc8[nH]7)CC6)N=N5)N=N4)cc3[nH]2)CC1. The summed E-state index contributed by atoms with van der Waals surface area (Å²) in [6.07, 6.45) is 12.1. The minimum Gasteiger partial charge on any atom is -0.493 e. The monoisotopic (exact) mass is 884 g/mol. The number of para-hydroxylation sites is 1. The molecule has 4 aliphatic heterocycles. The van der Waals surface area contributed by atoms with Crippen molar-refractivity contribution in [2.24, 2.45) is 20.5 Å². The average molecular weight is 885 g/mol. The lowest BCUT2D eigenvalue weighted by Gasteiger charge is -2.35. The van der Waals surface area contributed by atoms with Crippen molar-refractivity contribution < 1.29 is 9.47 Å². The second-order valence-corrected chi connectivity index (χ2v) is 17.6. The standard InChI is InChI=1S/C50H56N14O2/c1-2-38-32-51-36-53-47(38)63-23-19-61(20-24-63)35-42-30-40-13-14-43(31-45(40)56-42)65-27-17-49(57-58-49)15-9-5-3-4-6-10-16-50(59-60-50)18-28-66-46-33-52-37-54-48(46)64-25-21-62(22-26-64)34-41-29-39-11-7-8-12-44(39)55-41/h7-8,11-14,29-33,36-37,55-56H,2,9-10,15-28,34-35H2,1H3. The van der Waals surface area contributed by atoms with Crippen molar-refractivity contribution >= 4 is 33.4 Å². The second-order valence-electron chi connectivity index (χ2n) is 17.6. The Morgan fingerprint density at radius 2 is 1.18 bits per heavy atom. The molecular formula is C50H56N14O2. The van der Waals surface area contributed by atoms with Crippen molar-refractivity contribution in [1.82, 2.24) is 39.7 Å². The number of aryl methyl sites for hydroxylation is 1. The number of aromatic nitrogens is 6. The zero-order chi connectivity index (χ0) is 44.6. The van der Waals surface area contributed by atoms with Crippen LogP contribution in [0.2, 0.25) is 0 Å². The van der Waals surface area contributed by atoms with Crippen molar-refractivity contribution in [3.8, 4) is 35.2 Å². The van der Waals surface area contributed by atoms with Gasteiger partial charge in [0.2, 0.25) is 0 Å². The molecule has 4 aromatic heterocycles. The van der Waals surface area contributed by atoms with Gasteiger partial charge in [0, 0.05) is 144 Å². The predicted octanol–water partition coefficient (Wildman–Crippen LogP) is 7.57. The van der Waals surface area contributed by atoms with E-state index in [0.717, 1.165) is 114 Å². The fraction of sp³-hybridized carbons (Fsp3) is 0.440. The number of H-pyrrole nitrogens is 2. The van der Waals surface area contributed by atoms with Crippen molar-refractivity contribution in [2.75, 3.05) is 75.4 Å². The number of aromatic amines is 2. The van der Waals surface area contributed by atoms with Crippen LogP contribution in [0.1, 0.15) is 62.4 Å². The summed E-state index contributed by atoms with van der Waals surface area (Å²) in [4.78, 5) is 34.4. The Kier molecular flexibility index (Phi) is 12.8. The van der Waals surface area contributed by atoms with Gasteiger partial charge in [-0.05, 0) is 59.4 Å². The molecule has 0 bridgehead atoms. The molecule has 4 aliphatic rings. The third-order valence-electron chi connectivity index (χ3n) is 13.0. The van der Waals surface area contributed by atoms with Crippen LogP contribution in [0.3, 0.4) is 0 Å². The topological polar surface area (TPSA) is 164 Å². The molecule has 16 heteroatoms. The predicted molar refractivity (Wildman–Crippen MR) is 254 cm³/mol. The van der Waals surface area contributed by atoms with Gasteiger partial charge in [-0.3, -0.25) is 9.80 Å². The fourth-order valence-electron chi connectivity index (χ4n) is 9.00. The number of benzene rings is 2. The highest BCUT2D eigenvalue weighted by atomic mass is 16.5. The highest BCUT2D eigenvalue weighted by molar-refractivity contribution is 5.82. The van der Waals surface area contributed by atoms with Crippen LogP contribution >= 0.6 is 0 Å². The average Bonchev–Trinajstić information content (AvgIpc) is 4.22. The van der Waals surface area contributed by atoms with E-state index in [1.807, 2.05) is 12.3 Å². The van der Waals surface area contributed by atoms with Crippen LogP contribution in [0.15, 0.2) is 100 Å². The summed E-state index contributed by atoms with van der Waals surface area (Å²) in [5, 5.41) is 19.9. The Morgan fingerprint density at radius 3 is 1.82 bits per heavy atom. The molecule has 16 nitrogen and oxygen atoms in total. The molecule has 2 fully saturated rings. The molecule has 338 valence electrons. The third kappa shape index (κ3) is 10.6. The largest absolute Gasteiger partial charge is 0.493 e. The van der Waals surface area contributed by atoms with Crippen LogP contribution in [0, 0.1) is 23.7 Å². The van der Waals surface area contributed by atoms with Crippen molar-refractivity contribution in [3.63, 3.8) is 0 Å². The summed E-state index contributed by atoms with van der Waals surface area (Å²) < 4.78 is 12.4. The summed E-state index contributed by atoms with van der Waals surface area (Å²) in [6.45, 7) is 12.4. The van der Waals surface area contributed by atoms with Gasteiger partial charge in [0.15, 0.2) is 22.9 Å². The number of anilines is 2. The number of piperazine rings is 2. The van der Waals surface area contributed by atoms with Crippen LogP contribution < -0.4 is 19.3 Å². The Hall–Kier alpha value is -6.88.